The zero-order chi connectivity index (χ0) is 35.2. The minimum Gasteiger partial charge on any atom is -0.489 e. The van der Waals surface area contributed by atoms with E-state index in [1.165, 1.54) is 24.8 Å². The Labute approximate surface area is 293 Å². The molecule has 1 aliphatic heterocycles. The summed E-state index contributed by atoms with van der Waals surface area (Å²) >= 11 is 13.9. The molecule has 6 rings (SSSR count). The maximum absolute atomic E-state index is 12.4. The average molecular weight is 734 g/mol. The van der Waals surface area contributed by atoms with Gasteiger partial charge in [0.1, 0.15) is 49.4 Å². The fraction of sp³-hybridized carbons (Fsp3) is 0.312. The molecular formula is C32H30Cl2N4O10S. The highest BCUT2D eigenvalue weighted by molar-refractivity contribution is 7.98. The highest BCUT2D eigenvalue weighted by Crippen LogP contribution is 2.34. The smallest absolute Gasteiger partial charge is 0.357 e. The molecule has 2 fully saturated rings. The van der Waals surface area contributed by atoms with E-state index >= 15 is 0 Å². The Bertz CT molecular complexity index is 1820. The molecule has 14 nitrogen and oxygen atoms in total. The molecule has 1 unspecified atom stereocenters. The Hall–Kier alpha value is -3.93. The zero-order valence-electron chi connectivity index (χ0n) is 25.6. The van der Waals surface area contributed by atoms with E-state index in [0.29, 0.717) is 32.7 Å². The number of hydrogen-bond acceptors (Lipinski definition) is 14. The molecule has 4 aromatic rings. The first-order chi connectivity index (χ1) is 23.4. The number of rotatable bonds is 9. The summed E-state index contributed by atoms with van der Waals surface area (Å²) in [7, 11) is 0. The molecule has 5 atom stereocenters. The van der Waals surface area contributed by atoms with Crippen LogP contribution in [0, 0.1) is 0 Å². The number of hydrogen-bond donors (Lipinski definition) is 5. The van der Waals surface area contributed by atoms with Crippen molar-refractivity contribution in [2.75, 3.05) is 12.9 Å². The number of nitrogens with zero attached hydrogens (tertiary/aromatic N) is 4. The summed E-state index contributed by atoms with van der Waals surface area (Å²) in [5, 5.41) is 48.6. The second-order valence-electron chi connectivity index (χ2n) is 10.8. The maximum Gasteiger partial charge on any atom is 0.357 e. The van der Waals surface area contributed by atoms with Crippen LogP contribution in [0.4, 0.5) is 0 Å². The van der Waals surface area contributed by atoms with E-state index < -0.39 is 49.3 Å². The summed E-state index contributed by atoms with van der Waals surface area (Å²) in [6.07, 6.45) is -1.21. The summed E-state index contributed by atoms with van der Waals surface area (Å²) in [5.74, 6) is -1.32. The molecule has 1 saturated heterocycles. The fourth-order valence-electron chi connectivity index (χ4n) is 4.51. The minimum absolute atomic E-state index is 0.0370. The molecule has 5 N–H and O–H groups in total. The number of carbonyl (C=O) groups excluding carboxylic acids is 1. The number of carbonyl (C=O) groups is 2. The number of carboxylic acids is 1. The van der Waals surface area contributed by atoms with E-state index in [4.69, 9.17) is 42.5 Å². The van der Waals surface area contributed by atoms with Gasteiger partial charge in [0, 0.05) is 16.0 Å². The van der Waals surface area contributed by atoms with E-state index in [2.05, 4.69) is 19.9 Å². The summed E-state index contributed by atoms with van der Waals surface area (Å²) < 4.78 is 15.8. The first-order valence-electron chi connectivity index (χ1n) is 14.7. The molecule has 1 aliphatic carbocycles. The van der Waals surface area contributed by atoms with Gasteiger partial charge in [-0.25, -0.2) is 29.5 Å². The van der Waals surface area contributed by atoms with Gasteiger partial charge in [-0.15, -0.1) is 11.8 Å². The molecule has 0 bridgehead atoms. The Kier molecular flexibility index (Phi) is 12.0. The topological polar surface area (TPSA) is 215 Å². The third-order valence-electron chi connectivity index (χ3n) is 7.32. The second kappa shape index (κ2) is 16.2. The molecule has 2 aromatic carbocycles. The number of ether oxygens (including phenoxy) is 3. The lowest BCUT2D eigenvalue weighted by atomic mass is 9.99. The van der Waals surface area contributed by atoms with Crippen LogP contribution in [0.3, 0.4) is 0 Å². The van der Waals surface area contributed by atoms with Gasteiger partial charge in [0.2, 0.25) is 0 Å². The van der Waals surface area contributed by atoms with Gasteiger partial charge in [-0.2, -0.15) is 0 Å². The quantitative estimate of drug-likeness (QED) is 0.123. The molecule has 2 aliphatic rings. The molecule has 1 saturated carbocycles. The van der Waals surface area contributed by atoms with Gasteiger partial charge in [0.25, 0.3) is 0 Å². The highest BCUT2D eigenvalue weighted by atomic mass is 35.5. The van der Waals surface area contributed by atoms with Crippen molar-refractivity contribution in [2.24, 2.45) is 0 Å². The van der Waals surface area contributed by atoms with Gasteiger partial charge in [-0.05, 0) is 61.6 Å². The van der Waals surface area contributed by atoms with E-state index in [0.717, 1.165) is 23.3 Å². The number of aliphatic hydroxyl groups is 4. The van der Waals surface area contributed by atoms with Gasteiger partial charge in [-0.1, -0.05) is 29.3 Å². The first-order valence-corrected chi connectivity index (χ1v) is 16.7. The summed E-state index contributed by atoms with van der Waals surface area (Å²) in [4.78, 5) is 39.9. The minimum atomic E-state index is -1.72. The van der Waals surface area contributed by atoms with Crippen LogP contribution in [0.5, 0.6) is 5.75 Å². The van der Waals surface area contributed by atoms with Crippen LogP contribution in [0.25, 0.3) is 22.5 Å². The second-order valence-corrected chi connectivity index (χ2v) is 12.5. The molecule has 17 heteroatoms. The number of thioether (sulfide) groups is 1. The maximum atomic E-state index is 12.4. The van der Waals surface area contributed by atoms with E-state index in [-0.39, 0.29) is 17.5 Å². The Morgan fingerprint density at radius 2 is 1.45 bits per heavy atom. The number of carboxylic acid groups (broad SMARTS) is 1. The molecule has 3 heterocycles. The monoisotopic (exact) mass is 732 g/mol. The lowest BCUT2D eigenvalue weighted by Gasteiger charge is -2.37. The van der Waals surface area contributed by atoms with Gasteiger partial charge in [0.05, 0.1) is 27.5 Å². The van der Waals surface area contributed by atoms with Crippen molar-refractivity contribution in [1.29, 1.82) is 0 Å². The first kappa shape index (κ1) is 36.4. The Morgan fingerprint density at radius 3 is 2.04 bits per heavy atom. The zero-order valence-corrected chi connectivity index (χ0v) is 27.9. The van der Waals surface area contributed by atoms with Crippen molar-refractivity contribution in [1.82, 2.24) is 19.9 Å². The molecule has 2 aromatic heterocycles. The largest absolute Gasteiger partial charge is 0.489 e. The summed E-state index contributed by atoms with van der Waals surface area (Å²) in [6.45, 7) is -0.473. The third kappa shape index (κ3) is 9.20. The Balaban J connectivity index is 0.000000221. The lowest BCUT2D eigenvalue weighted by molar-refractivity contribution is -0.286. The van der Waals surface area contributed by atoms with Crippen LogP contribution in [0.1, 0.15) is 33.8 Å². The number of aromatic nitrogens is 4. The van der Waals surface area contributed by atoms with E-state index in [9.17, 15) is 30.0 Å². The van der Waals surface area contributed by atoms with Crippen molar-refractivity contribution in [2.45, 2.75) is 54.5 Å². The van der Waals surface area contributed by atoms with Crippen LogP contribution in [-0.2, 0) is 9.47 Å². The van der Waals surface area contributed by atoms with Crippen LogP contribution >= 0.6 is 35.0 Å². The van der Waals surface area contributed by atoms with Crippen molar-refractivity contribution in [3.05, 3.63) is 82.6 Å². The summed E-state index contributed by atoms with van der Waals surface area (Å²) in [5.41, 5.74) is 2.30. The number of esters is 1. The van der Waals surface area contributed by atoms with Crippen molar-refractivity contribution in [3.63, 3.8) is 0 Å². The SMILES string of the molecule is CSc1ccc(-c2cc(C(=O)O)ncn2)cc1Cl.O=C(OC[C@H]1OC(O)[C@H](O)[C@@H](O)[C@@H]1O)c1cc(-c2ccc(OC3CC3)c(Cl)c2)ncn1. The molecule has 258 valence electrons. The Morgan fingerprint density at radius 1 is 0.837 bits per heavy atom. The molecule has 49 heavy (non-hydrogen) atoms. The number of halogens is 2. The van der Waals surface area contributed by atoms with Crippen LogP contribution in [0.2, 0.25) is 10.0 Å². The van der Waals surface area contributed by atoms with E-state index in [1.807, 2.05) is 18.4 Å². The van der Waals surface area contributed by atoms with Gasteiger partial charge >= 0.3 is 11.9 Å². The standard InChI is InChI=1S/C20H21ClN2O8.C12H9ClN2O2S/c21-11-5-9(1-4-14(11)30-10-2-3-10)12-6-13(23-8-22-12)19(27)29-7-15-16(24)17(25)18(26)20(28)31-15;1-18-11-3-2-7(4-8(11)13)9-5-10(12(16)17)15-6-14-9/h1,4-6,8,10,15-18,20,24-26,28H,2-3,7H2;2-6H,1H3,(H,16,17)/t15-,16-,17+,18-,20?;/m1./s1. The molecule has 0 spiro atoms. The normalized spacial score (nSPS) is 21.7. The predicted octanol–water partition coefficient (Wildman–Crippen LogP) is 3.51. The molecular weight excluding hydrogens is 703 g/mol. The van der Waals surface area contributed by atoms with Crippen molar-refractivity contribution in [3.8, 4) is 28.3 Å². The van der Waals surface area contributed by atoms with Crippen molar-refractivity contribution < 1.29 is 49.3 Å². The van der Waals surface area contributed by atoms with Gasteiger partial charge < -0.3 is 39.7 Å². The molecule has 0 amide bonds. The fourth-order valence-corrected chi connectivity index (χ4v) is 5.60. The number of benzene rings is 2. The van der Waals surface area contributed by atoms with Crippen LogP contribution in [0.15, 0.2) is 66.1 Å². The molecule has 0 radical (unpaired) electrons. The highest BCUT2D eigenvalue weighted by Gasteiger charge is 2.43. The number of aliphatic hydroxyl groups excluding tert-OH is 4. The lowest BCUT2D eigenvalue weighted by Crippen LogP contribution is -2.58. The van der Waals surface area contributed by atoms with Crippen LogP contribution in [-0.4, -0.2) is 107 Å². The van der Waals surface area contributed by atoms with Crippen LogP contribution < -0.4 is 4.74 Å². The van der Waals surface area contributed by atoms with E-state index in [1.54, 1.807) is 36.0 Å². The average Bonchev–Trinajstić information content (AvgIpc) is 3.93. The van der Waals surface area contributed by atoms with Gasteiger partial charge in [-0.3, -0.25) is 0 Å². The number of aromatic carboxylic acids is 1. The van der Waals surface area contributed by atoms with Gasteiger partial charge in [0.15, 0.2) is 17.7 Å². The summed E-state index contributed by atoms with van der Waals surface area (Å²) in [6, 6.07) is 13.5. The van der Waals surface area contributed by atoms with Crippen molar-refractivity contribution >= 4 is 46.9 Å². The predicted molar refractivity (Wildman–Crippen MR) is 177 cm³/mol. The third-order valence-corrected chi connectivity index (χ3v) is 8.84.